The molecule has 0 radical (unpaired) electrons. The van der Waals surface area contributed by atoms with Gasteiger partial charge in [0.15, 0.2) is 5.17 Å². The Hall–Kier alpha value is -2.00. The lowest BCUT2D eigenvalue weighted by molar-refractivity contribution is 0.605. The Kier molecular flexibility index (Phi) is 4.53. The van der Waals surface area contributed by atoms with Crippen LogP contribution >= 0.6 is 11.8 Å². The molecule has 1 aromatic rings. The van der Waals surface area contributed by atoms with Crippen molar-refractivity contribution in [2.24, 2.45) is 9.98 Å². The first-order chi connectivity index (χ1) is 9.89. The summed E-state index contributed by atoms with van der Waals surface area (Å²) >= 11 is 1.70. The molecule has 1 aromatic carbocycles. The van der Waals surface area contributed by atoms with Crippen molar-refractivity contribution in [3.8, 4) is 6.07 Å². The summed E-state index contributed by atoms with van der Waals surface area (Å²) in [5, 5.41) is 13.4. The van der Waals surface area contributed by atoms with E-state index in [4.69, 9.17) is 0 Å². The Morgan fingerprint density at radius 2 is 2.24 bits per heavy atom. The van der Waals surface area contributed by atoms with Crippen LogP contribution in [0.3, 0.4) is 0 Å². The van der Waals surface area contributed by atoms with Gasteiger partial charge in [-0.2, -0.15) is 5.26 Å². The number of anilines is 1. The molecule has 0 fully saturated rings. The van der Waals surface area contributed by atoms with Crippen LogP contribution in [0.25, 0.3) is 0 Å². The number of nitrogens with zero attached hydrogens (tertiary/aromatic N) is 4. The van der Waals surface area contributed by atoms with Gasteiger partial charge in [0.25, 0.3) is 0 Å². The molecule has 6 heteroatoms. The van der Waals surface area contributed by atoms with E-state index in [1.54, 1.807) is 24.2 Å². The quantitative estimate of drug-likeness (QED) is 0.688. The number of hydrogen-bond acceptors (Lipinski definition) is 5. The van der Waals surface area contributed by atoms with Crippen LogP contribution in [-0.2, 0) is 0 Å². The molecule has 0 amide bonds. The van der Waals surface area contributed by atoms with E-state index >= 15 is 0 Å². The summed E-state index contributed by atoms with van der Waals surface area (Å²) in [5.41, 5.74) is 2.04. The number of nitrogens with one attached hydrogen (secondary N) is 1. The van der Waals surface area contributed by atoms with E-state index in [1.165, 1.54) is 0 Å². The Bertz CT molecular complexity index is 625. The van der Waals surface area contributed by atoms with Gasteiger partial charge in [-0.3, -0.25) is 4.99 Å². The summed E-state index contributed by atoms with van der Waals surface area (Å²) in [6, 6.07) is 7.74. The largest absolute Gasteiger partial charge is 0.369 e. The molecular weight excluding hydrogens is 282 g/mol. The van der Waals surface area contributed by atoms with Crippen molar-refractivity contribution in [2.45, 2.75) is 19.4 Å². The first-order valence-corrected chi connectivity index (χ1v) is 7.63. The molecule has 0 saturated carbocycles. The van der Waals surface area contributed by atoms with E-state index in [0.717, 1.165) is 16.6 Å². The van der Waals surface area contributed by atoms with Gasteiger partial charge >= 0.3 is 0 Å². The van der Waals surface area contributed by atoms with Gasteiger partial charge in [0.2, 0.25) is 0 Å². The lowest BCUT2D eigenvalue weighted by atomic mass is 10.1. The number of rotatable bonds is 3. The summed E-state index contributed by atoms with van der Waals surface area (Å²) in [5.74, 6) is 0.964. The molecule has 21 heavy (non-hydrogen) atoms. The van der Waals surface area contributed by atoms with E-state index in [1.807, 2.05) is 31.1 Å². The zero-order chi connectivity index (χ0) is 15.5. The summed E-state index contributed by atoms with van der Waals surface area (Å²) in [4.78, 5) is 10.7. The SMILES string of the molecule is CN(C)C=Nc1ccc(NC2=NC(C)(C)CS2)cc1C#N. The van der Waals surface area contributed by atoms with Crippen molar-refractivity contribution in [2.75, 3.05) is 25.2 Å². The third kappa shape index (κ3) is 4.23. The van der Waals surface area contributed by atoms with Crippen molar-refractivity contribution in [3.05, 3.63) is 23.8 Å². The van der Waals surface area contributed by atoms with Crippen LogP contribution in [0.1, 0.15) is 19.4 Å². The van der Waals surface area contributed by atoms with Crippen LogP contribution in [0.2, 0.25) is 0 Å². The molecular formula is C15H19N5S. The maximum atomic E-state index is 9.25. The van der Waals surface area contributed by atoms with Crippen molar-refractivity contribution < 1.29 is 0 Å². The van der Waals surface area contributed by atoms with E-state index in [9.17, 15) is 5.26 Å². The molecule has 110 valence electrons. The fourth-order valence-corrected chi connectivity index (χ4v) is 2.82. The lowest BCUT2D eigenvalue weighted by Crippen LogP contribution is -2.15. The minimum Gasteiger partial charge on any atom is -0.369 e. The Morgan fingerprint density at radius 1 is 1.48 bits per heavy atom. The molecule has 0 unspecified atom stereocenters. The molecule has 0 atom stereocenters. The maximum absolute atomic E-state index is 9.25. The van der Waals surface area contributed by atoms with Crippen molar-refractivity contribution >= 4 is 34.6 Å². The van der Waals surface area contributed by atoms with E-state index in [-0.39, 0.29) is 5.54 Å². The lowest BCUT2D eigenvalue weighted by Gasteiger charge is -2.09. The molecule has 0 aromatic heterocycles. The minimum absolute atomic E-state index is 0.0268. The molecule has 1 aliphatic rings. The highest BCUT2D eigenvalue weighted by Gasteiger charge is 2.25. The number of hydrogen-bond donors (Lipinski definition) is 1. The van der Waals surface area contributed by atoms with Crippen LogP contribution in [0.5, 0.6) is 0 Å². The summed E-state index contributed by atoms with van der Waals surface area (Å²) in [6.07, 6.45) is 1.68. The van der Waals surface area contributed by atoms with Crippen LogP contribution < -0.4 is 5.32 Å². The van der Waals surface area contributed by atoms with Crippen LogP contribution in [0, 0.1) is 11.3 Å². The van der Waals surface area contributed by atoms with E-state index in [0.29, 0.717) is 11.3 Å². The Labute approximate surface area is 129 Å². The molecule has 0 saturated heterocycles. The normalized spacial score (nSPS) is 16.6. The summed E-state index contributed by atoms with van der Waals surface area (Å²) < 4.78 is 0. The number of thioether (sulfide) groups is 1. The zero-order valence-electron chi connectivity index (χ0n) is 12.7. The summed E-state index contributed by atoms with van der Waals surface area (Å²) in [7, 11) is 3.78. The van der Waals surface area contributed by atoms with E-state index < -0.39 is 0 Å². The Morgan fingerprint density at radius 3 is 2.81 bits per heavy atom. The van der Waals surface area contributed by atoms with Gasteiger partial charge in [-0.1, -0.05) is 11.8 Å². The third-order valence-corrected chi connectivity index (χ3v) is 4.08. The molecule has 5 nitrogen and oxygen atoms in total. The summed E-state index contributed by atoms with van der Waals surface area (Å²) in [6.45, 7) is 4.21. The number of aliphatic imine (C=N–C) groups is 2. The fourth-order valence-electron chi connectivity index (χ4n) is 1.77. The molecule has 0 spiro atoms. The zero-order valence-corrected chi connectivity index (χ0v) is 13.5. The molecule has 1 heterocycles. The fraction of sp³-hybridized carbons (Fsp3) is 0.400. The highest BCUT2D eigenvalue weighted by Crippen LogP contribution is 2.29. The average molecular weight is 301 g/mol. The maximum Gasteiger partial charge on any atom is 0.161 e. The van der Waals surface area contributed by atoms with Crippen LogP contribution in [0.15, 0.2) is 28.2 Å². The first-order valence-electron chi connectivity index (χ1n) is 6.64. The topological polar surface area (TPSA) is 63.8 Å². The minimum atomic E-state index is -0.0268. The number of benzene rings is 1. The number of amidine groups is 1. The van der Waals surface area contributed by atoms with Gasteiger partial charge in [0.1, 0.15) is 6.07 Å². The van der Waals surface area contributed by atoms with Gasteiger partial charge in [-0.05, 0) is 32.0 Å². The van der Waals surface area contributed by atoms with Crippen molar-refractivity contribution in [1.29, 1.82) is 5.26 Å². The second kappa shape index (κ2) is 6.19. The third-order valence-electron chi connectivity index (χ3n) is 2.76. The standard InChI is InChI=1S/C15H19N5S/c1-15(2)9-21-14(19-15)18-12-5-6-13(11(7-12)8-16)17-10-20(3)4/h5-7,10H,9H2,1-4H3,(H,18,19). The van der Waals surface area contributed by atoms with Gasteiger partial charge in [0.05, 0.1) is 23.1 Å². The highest BCUT2D eigenvalue weighted by molar-refractivity contribution is 8.14. The highest BCUT2D eigenvalue weighted by atomic mass is 32.2. The number of nitriles is 1. The van der Waals surface area contributed by atoms with Crippen molar-refractivity contribution in [3.63, 3.8) is 0 Å². The first kappa shape index (κ1) is 15.4. The molecule has 0 bridgehead atoms. The van der Waals surface area contributed by atoms with Crippen molar-refractivity contribution in [1.82, 2.24) is 4.90 Å². The van der Waals surface area contributed by atoms with Gasteiger partial charge in [0, 0.05) is 25.5 Å². The second-order valence-electron chi connectivity index (χ2n) is 5.69. The van der Waals surface area contributed by atoms with Crippen LogP contribution in [0.4, 0.5) is 11.4 Å². The molecule has 1 N–H and O–H groups in total. The van der Waals surface area contributed by atoms with Crippen LogP contribution in [-0.4, -0.2) is 41.8 Å². The van der Waals surface area contributed by atoms with E-state index in [2.05, 4.69) is 35.2 Å². The Balaban J connectivity index is 2.18. The second-order valence-corrected chi connectivity index (χ2v) is 6.66. The predicted molar refractivity (Wildman–Crippen MR) is 90.6 cm³/mol. The molecule has 1 aliphatic heterocycles. The molecule has 2 rings (SSSR count). The van der Waals surface area contributed by atoms with Gasteiger partial charge in [-0.15, -0.1) is 0 Å². The van der Waals surface area contributed by atoms with Gasteiger partial charge in [-0.25, -0.2) is 4.99 Å². The van der Waals surface area contributed by atoms with Gasteiger partial charge < -0.3 is 10.2 Å². The molecule has 0 aliphatic carbocycles. The monoisotopic (exact) mass is 301 g/mol. The smallest absolute Gasteiger partial charge is 0.161 e. The average Bonchev–Trinajstić information content (AvgIpc) is 2.76. The predicted octanol–water partition coefficient (Wildman–Crippen LogP) is 3.07.